The highest BCUT2D eigenvalue weighted by Gasteiger charge is 2.04. The number of benzene rings is 2. The molecule has 2 aromatic carbocycles. The number of H-pyrrole nitrogens is 1. The number of aromatic nitrogens is 1. The lowest BCUT2D eigenvalue weighted by Crippen LogP contribution is -1.94. The maximum atomic E-state index is 6.17. The lowest BCUT2D eigenvalue weighted by atomic mass is 10.2. The van der Waals surface area contributed by atoms with Crippen LogP contribution in [0.4, 0.5) is 0 Å². The van der Waals surface area contributed by atoms with Crippen LogP contribution in [0.1, 0.15) is 5.56 Å². The van der Waals surface area contributed by atoms with Gasteiger partial charge < -0.3 is 9.72 Å². The predicted octanol–water partition coefficient (Wildman–Crippen LogP) is 4.40. The van der Waals surface area contributed by atoms with Crippen molar-refractivity contribution in [2.24, 2.45) is 0 Å². The summed E-state index contributed by atoms with van der Waals surface area (Å²) in [5, 5.41) is 1.74. The molecular weight excluding hydrogens is 246 g/mol. The molecule has 90 valence electrons. The molecular formula is C15H12ClNO. The molecule has 0 unspecified atom stereocenters. The second-order valence-electron chi connectivity index (χ2n) is 4.12. The molecule has 3 rings (SSSR count). The van der Waals surface area contributed by atoms with Crippen LogP contribution < -0.4 is 4.74 Å². The number of hydrogen-bond acceptors (Lipinski definition) is 1. The normalized spacial score (nSPS) is 10.7. The molecule has 1 N–H and O–H groups in total. The predicted molar refractivity (Wildman–Crippen MR) is 74.1 cm³/mol. The first-order chi connectivity index (χ1) is 8.83. The largest absolute Gasteiger partial charge is 0.489 e. The molecule has 3 aromatic rings. The summed E-state index contributed by atoms with van der Waals surface area (Å²) < 4.78 is 5.75. The monoisotopic (exact) mass is 257 g/mol. The van der Waals surface area contributed by atoms with Crippen LogP contribution in [0.15, 0.2) is 54.7 Å². The van der Waals surface area contributed by atoms with Crippen molar-refractivity contribution in [1.29, 1.82) is 0 Å². The molecule has 0 saturated heterocycles. The minimum absolute atomic E-state index is 0.549. The standard InChI is InChI=1S/C15H12ClNO/c16-14-9-13(8-12-6-7-17-15(12)14)18-10-11-4-2-1-3-5-11/h1-9,17H,10H2. The molecule has 1 heterocycles. The molecule has 0 spiro atoms. The number of hydrogen-bond donors (Lipinski definition) is 1. The molecule has 3 heteroatoms. The van der Waals surface area contributed by atoms with E-state index in [9.17, 15) is 0 Å². The van der Waals surface area contributed by atoms with E-state index in [0.29, 0.717) is 11.6 Å². The summed E-state index contributed by atoms with van der Waals surface area (Å²) >= 11 is 6.17. The van der Waals surface area contributed by atoms with E-state index in [-0.39, 0.29) is 0 Å². The summed E-state index contributed by atoms with van der Waals surface area (Å²) in [6, 6.07) is 15.9. The maximum Gasteiger partial charge on any atom is 0.122 e. The van der Waals surface area contributed by atoms with Gasteiger partial charge in [-0.2, -0.15) is 0 Å². The summed E-state index contributed by atoms with van der Waals surface area (Å²) in [4.78, 5) is 3.10. The van der Waals surface area contributed by atoms with Crippen molar-refractivity contribution < 1.29 is 4.74 Å². The van der Waals surface area contributed by atoms with Crippen molar-refractivity contribution in [3.8, 4) is 5.75 Å². The topological polar surface area (TPSA) is 25.0 Å². The summed E-state index contributed by atoms with van der Waals surface area (Å²) in [6.45, 7) is 0.549. The molecule has 0 aliphatic heterocycles. The van der Waals surface area contributed by atoms with Gasteiger partial charge in [0.1, 0.15) is 12.4 Å². The number of nitrogens with one attached hydrogen (secondary N) is 1. The Bertz CT molecular complexity index is 661. The van der Waals surface area contributed by atoms with Gasteiger partial charge in [-0.15, -0.1) is 0 Å². The molecule has 0 aliphatic carbocycles. The Hall–Kier alpha value is -1.93. The Morgan fingerprint density at radius 2 is 1.89 bits per heavy atom. The van der Waals surface area contributed by atoms with Crippen molar-refractivity contribution in [2.45, 2.75) is 6.61 Å². The fourth-order valence-corrected chi connectivity index (χ4v) is 2.20. The average Bonchev–Trinajstić information content (AvgIpc) is 2.86. The minimum Gasteiger partial charge on any atom is -0.489 e. The second kappa shape index (κ2) is 4.75. The Kier molecular flexibility index (Phi) is 2.95. The van der Waals surface area contributed by atoms with Gasteiger partial charge in [0.25, 0.3) is 0 Å². The van der Waals surface area contributed by atoms with E-state index >= 15 is 0 Å². The van der Waals surface area contributed by atoms with Gasteiger partial charge in [-0.3, -0.25) is 0 Å². The SMILES string of the molecule is Clc1cc(OCc2ccccc2)cc2cc[nH]c12. The molecule has 0 saturated carbocycles. The Balaban J connectivity index is 1.82. The van der Waals surface area contributed by atoms with Crippen LogP contribution in [0.2, 0.25) is 5.02 Å². The number of aromatic amines is 1. The van der Waals surface area contributed by atoms with Crippen molar-refractivity contribution in [2.75, 3.05) is 0 Å². The Morgan fingerprint density at radius 3 is 2.72 bits per heavy atom. The zero-order valence-corrected chi connectivity index (χ0v) is 10.4. The van der Waals surface area contributed by atoms with E-state index in [2.05, 4.69) is 4.98 Å². The molecule has 0 fully saturated rings. The summed E-state index contributed by atoms with van der Waals surface area (Å²) in [5.41, 5.74) is 2.09. The van der Waals surface area contributed by atoms with Crippen molar-refractivity contribution in [3.63, 3.8) is 0 Å². The molecule has 0 aliphatic rings. The average molecular weight is 258 g/mol. The summed E-state index contributed by atoms with van der Waals surface area (Å²) in [7, 11) is 0. The zero-order valence-electron chi connectivity index (χ0n) is 9.69. The minimum atomic E-state index is 0.549. The van der Waals surface area contributed by atoms with Gasteiger partial charge in [-0.25, -0.2) is 0 Å². The third-order valence-electron chi connectivity index (χ3n) is 2.83. The van der Waals surface area contributed by atoms with E-state index < -0.39 is 0 Å². The van der Waals surface area contributed by atoms with Gasteiger partial charge in [0.15, 0.2) is 0 Å². The highest BCUT2D eigenvalue weighted by atomic mass is 35.5. The van der Waals surface area contributed by atoms with Crippen molar-refractivity contribution in [3.05, 3.63) is 65.3 Å². The quantitative estimate of drug-likeness (QED) is 0.739. The summed E-state index contributed by atoms with van der Waals surface area (Å²) in [6.07, 6.45) is 1.87. The van der Waals surface area contributed by atoms with E-state index in [4.69, 9.17) is 16.3 Å². The van der Waals surface area contributed by atoms with Crippen LogP contribution in [0.5, 0.6) is 5.75 Å². The lowest BCUT2D eigenvalue weighted by molar-refractivity contribution is 0.306. The lowest BCUT2D eigenvalue weighted by Gasteiger charge is -2.07. The number of ether oxygens (including phenoxy) is 1. The van der Waals surface area contributed by atoms with E-state index in [0.717, 1.165) is 22.2 Å². The molecule has 18 heavy (non-hydrogen) atoms. The Labute approximate surface area is 110 Å². The van der Waals surface area contributed by atoms with Crippen LogP contribution in [0.25, 0.3) is 10.9 Å². The first-order valence-electron chi connectivity index (χ1n) is 5.76. The zero-order chi connectivity index (χ0) is 12.4. The van der Waals surface area contributed by atoms with E-state index in [1.165, 1.54) is 0 Å². The highest BCUT2D eigenvalue weighted by molar-refractivity contribution is 6.35. The number of halogens is 1. The van der Waals surface area contributed by atoms with Crippen LogP contribution in [-0.4, -0.2) is 4.98 Å². The number of fused-ring (bicyclic) bond motifs is 1. The van der Waals surface area contributed by atoms with Crippen molar-refractivity contribution >= 4 is 22.5 Å². The summed E-state index contributed by atoms with van der Waals surface area (Å²) in [5.74, 6) is 0.788. The van der Waals surface area contributed by atoms with E-state index in [1.54, 1.807) is 0 Å². The molecule has 0 bridgehead atoms. The molecule has 0 amide bonds. The van der Waals surface area contributed by atoms with Gasteiger partial charge in [-0.1, -0.05) is 41.9 Å². The maximum absolute atomic E-state index is 6.17. The Morgan fingerprint density at radius 1 is 1.06 bits per heavy atom. The van der Waals surface area contributed by atoms with E-state index in [1.807, 2.05) is 54.7 Å². The first kappa shape index (κ1) is 11.2. The fraction of sp³-hybridized carbons (Fsp3) is 0.0667. The van der Waals surface area contributed by atoms with Gasteiger partial charge in [-0.05, 0) is 17.7 Å². The third kappa shape index (κ3) is 2.20. The van der Waals surface area contributed by atoms with Gasteiger partial charge in [0.2, 0.25) is 0 Å². The van der Waals surface area contributed by atoms with Crippen LogP contribution in [-0.2, 0) is 6.61 Å². The number of rotatable bonds is 3. The molecule has 0 atom stereocenters. The van der Waals surface area contributed by atoms with Crippen LogP contribution >= 0.6 is 11.6 Å². The van der Waals surface area contributed by atoms with Gasteiger partial charge in [0, 0.05) is 17.6 Å². The first-order valence-corrected chi connectivity index (χ1v) is 6.14. The van der Waals surface area contributed by atoms with Crippen LogP contribution in [0, 0.1) is 0 Å². The fourth-order valence-electron chi connectivity index (χ4n) is 1.92. The van der Waals surface area contributed by atoms with Gasteiger partial charge in [0.05, 0.1) is 10.5 Å². The highest BCUT2D eigenvalue weighted by Crippen LogP contribution is 2.28. The second-order valence-corrected chi connectivity index (χ2v) is 4.53. The molecule has 0 radical (unpaired) electrons. The third-order valence-corrected chi connectivity index (χ3v) is 3.13. The van der Waals surface area contributed by atoms with Crippen LogP contribution in [0.3, 0.4) is 0 Å². The molecule has 2 nitrogen and oxygen atoms in total. The van der Waals surface area contributed by atoms with Gasteiger partial charge >= 0.3 is 0 Å². The smallest absolute Gasteiger partial charge is 0.122 e. The van der Waals surface area contributed by atoms with Crippen molar-refractivity contribution in [1.82, 2.24) is 4.98 Å². The molecule has 1 aromatic heterocycles.